The molecule has 2 aromatic rings. The summed E-state index contributed by atoms with van der Waals surface area (Å²) in [7, 11) is 0. The van der Waals surface area contributed by atoms with Gasteiger partial charge in [-0.1, -0.05) is 24.3 Å². The zero-order valence-electron chi connectivity index (χ0n) is 11.4. The molecule has 19 heavy (non-hydrogen) atoms. The monoisotopic (exact) mass is 253 g/mol. The van der Waals surface area contributed by atoms with Crippen molar-refractivity contribution < 1.29 is 5.11 Å². The minimum atomic E-state index is 0.321. The summed E-state index contributed by atoms with van der Waals surface area (Å²) >= 11 is 0. The lowest BCUT2D eigenvalue weighted by Crippen LogP contribution is -2.06. The van der Waals surface area contributed by atoms with Crippen molar-refractivity contribution in [2.75, 3.05) is 6.54 Å². The molecule has 0 amide bonds. The van der Waals surface area contributed by atoms with Crippen LogP contribution >= 0.6 is 0 Å². The van der Waals surface area contributed by atoms with E-state index in [1.807, 2.05) is 6.07 Å². The van der Waals surface area contributed by atoms with Gasteiger partial charge in [0.15, 0.2) is 0 Å². The number of rotatable bonds is 2. The SMILES string of the molecule is Cc1ccc2c(c1C)-c1c(O)cccc1C2CCN. The van der Waals surface area contributed by atoms with E-state index in [1.54, 1.807) is 6.07 Å². The van der Waals surface area contributed by atoms with Crippen molar-refractivity contribution in [2.45, 2.75) is 26.2 Å². The van der Waals surface area contributed by atoms with Crippen LogP contribution in [-0.2, 0) is 0 Å². The van der Waals surface area contributed by atoms with E-state index in [1.165, 1.54) is 27.8 Å². The van der Waals surface area contributed by atoms with Crippen molar-refractivity contribution in [1.82, 2.24) is 0 Å². The van der Waals surface area contributed by atoms with E-state index >= 15 is 0 Å². The molecule has 0 radical (unpaired) electrons. The second-order valence-corrected chi connectivity index (χ2v) is 5.34. The van der Waals surface area contributed by atoms with Gasteiger partial charge in [0.1, 0.15) is 5.75 Å². The Morgan fingerprint density at radius 1 is 1.05 bits per heavy atom. The Labute approximate surface area is 113 Å². The van der Waals surface area contributed by atoms with E-state index in [4.69, 9.17) is 5.73 Å². The highest BCUT2D eigenvalue weighted by atomic mass is 16.3. The van der Waals surface area contributed by atoms with Gasteiger partial charge in [-0.15, -0.1) is 0 Å². The summed E-state index contributed by atoms with van der Waals surface area (Å²) in [5.41, 5.74) is 13.0. The molecule has 0 saturated carbocycles. The van der Waals surface area contributed by atoms with Crippen molar-refractivity contribution in [3.05, 3.63) is 52.6 Å². The molecule has 98 valence electrons. The number of hydrogen-bond acceptors (Lipinski definition) is 2. The van der Waals surface area contributed by atoms with Crippen LogP contribution in [0.1, 0.15) is 34.6 Å². The van der Waals surface area contributed by atoms with Gasteiger partial charge in [0, 0.05) is 11.5 Å². The smallest absolute Gasteiger partial charge is 0.123 e. The van der Waals surface area contributed by atoms with Gasteiger partial charge in [-0.3, -0.25) is 0 Å². The Morgan fingerprint density at radius 2 is 1.79 bits per heavy atom. The molecular weight excluding hydrogens is 234 g/mol. The van der Waals surface area contributed by atoms with Gasteiger partial charge in [0.05, 0.1) is 0 Å². The van der Waals surface area contributed by atoms with E-state index in [9.17, 15) is 5.11 Å². The molecule has 0 heterocycles. The van der Waals surface area contributed by atoms with Crippen molar-refractivity contribution in [2.24, 2.45) is 5.73 Å². The molecule has 2 heteroatoms. The second kappa shape index (κ2) is 4.39. The third-order valence-electron chi connectivity index (χ3n) is 4.30. The highest BCUT2D eigenvalue weighted by Gasteiger charge is 2.31. The Hall–Kier alpha value is -1.80. The Morgan fingerprint density at radius 3 is 2.53 bits per heavy atom. The van der Waals surface area contributed by atoms with Crippen LogP contribution in [0, 0.1) is 13.8 Å². The fourth-order valence-corrected chi connectivity index (χ4v) is 3.22. The first-order valence-corrected chi connectivity index (χ1v) is 6.77. The molecule has 0 aromatic heterocycles. The van der Waals surface area contributed by atoms with Crippen LogP contribution in [0.2, 0.25) is 0 Å². The lowest BCUT2D eigenvalue weighted by Gasteiger charge is -2.13. The Balaban J connectivity index is 2.34. The third-order valence-corrected chi connectivity index (χ3v) is 4.30. The third kappa shape index (κ3) is 1.67. The van der Waals surface area contributed by atoms with Gasteiger partial charge in [-0.05, 0) is 60.7 Å². The number of aryl methyl sites for hydroxylation is 1. The van der Waals surface area contributed by atoms with E-state index < -0.39 is 0 Å². The van der Waals surface area contributed by atoms with Gasteiger partial charge >= 0.3 is 0 Å². The van der Waals surface area contributed by atoms with Crippen LogP contribution in [-0.4, -0.2) is 11.7 Å². The first kappa shape index (κ1) is 12.2. The highest BCUT2D eigenvalue weighted by molar-refractivity contribution is 5.86. The molecule has 2 aromatic carbocycles. The number of aromatic hydroxyl groups is 1. The van der Waals surface area contributed by atoms with E-state index in [0.29, 0.717) is 18.2 Å². The number of phenols is 1. The number of fused-ring (bicyclic) bond motifs is 3. The lowest BCUT2D eigenvalue weighted by atomic mass is 9.92. The minimum Gasteiger partial charge on any atom is -0.507 e. The van der Waals surface area contributed by atoms with E-state index in [0.717, 1.165) is 12.0 Å². The number of nitrogens with two attached hydrogens (primary N) is 1. The minimum absolute atomic E-state index is 0.321. The zero-order chi connectivity index (χ0) is 13.6. The summed E-state index contributed by atoms with van der Waals surface area (Å²) in [4.78, 5) is 0. The van der Waals surface area contributed by atoms with Crippen LogP contribution in [0.4, 0.5) is 0 Å². The van der Waals surface area contributed by atoms with Crippen LogP contribution in [0.25, 0.3) is 11.1 Å². The maximum atomic E-state index is 10.2. The molecule has 0 spiro atoms. The molecule has 0 aliphatic heterocycles. The van der Waals surface area contributed by atoms with Crippen LogP contribution in [0.3, 0.4) is 0 Å². The summed E-state index contributed by atoms with van der Waals surface area (Å²) < 4.78 is 0. The number of benzene rings is 2. The normalized spacial score (nSPS) is 16.3. The molecule has 1 aliphatic rings. The van der Waals surface area contributed by atoms with Crippen LogP contribution in [0.15, 0.2) is 30.3 Å². The van der Waals surface area contributed by atoms with Crippen molar-refractivity contribution in [3.8, 4) is 16.9 Å². The maximum Gasteiger partial charge on any atom is 0.123 e. The summed E-state index contributed by atoms with van der Waals surface area (Å²) in [5, 5.41) is 10.2. The molecule has 2 nitrogen and oxygen atoms in total. The zero-order valence-corrected chi connectivity index (χ0v) is 11.4. The molecule has 0 fully saturated rings. The molecule has 1 atom stereocenters. The molecule has 0 saturated heterocycles. The van der Waals surface area contributed by atoms with Gasteiger partial charge in [-0.25, -0.2) is 0 Å². The van der Waals surface area contributed by atoms with Crippen LogP contribution in [0.5, 0.6) is 5.75 Å². The number of phenolic OH excluding ortho intramolecular Hbond substituents is 1. The Bertz CT molecular complexity index is 646. The largest absolute Gasteiger partial charge is 0.507 e. The summed E-state index contributed by atoms with van der Waals surface area (Å²) in [6, 6.07) is 10.2. The van der Waals surface area contributed by atoms with Gasteiger partial charge < -0.3 is 10.8 Å². The summed E-state index contributed by atoms with van der Waals surface area (Å²) in [6.45, 7) is 4.91. The lowest BCUT2D eigenvalue weighted by molar-refractivity contribution is 0.477. The first-order chi connectivity index (χ1) is 9.15. The maximum absolute atomic E-state index is 10.2. The highest BCUT2D eigenvalue weighted by Crippen LogP contribution is 2.51. The van der Waals surface area contributed by atoms with Gasteiger partial charge in [0.25, 0.3) is 0 Å². The summed E-state index contributed by atoms with van der Waals surface area (Å²) in [5.74, 6) is 0.702. The average Bonchev–Trinajstić information content (AvgIpc) is 2.71. The first-order valence-electron chi connectivity index (χ1n) is 6.77. The molecule has 1 aliphatic carbocycles. The summed E-state index contributed by atoms with van der Waals surface area (Å²) in [6.07, 6.45) is 0.923. The molecular formula is C17H19NO. The molecule has 3 N–H and O–H groups in total. The standard InChI is InChI=1S/C17H19NO/c1-10-6-7-14-12(8-9-18)13-4-3-5-15(19)17(13)16(14)11(10)2/h3-7,12,19H,8-9,18H2,1-2H3. The average molecular weight is 253 g/mol. The molecule has 1 unspecified atom stereocenters. The Kier molecular flexibility index (Phi) is 2.83. The fraction of sp³-hybridized carbons (Fsp3) is 0.294. The van der Waals surface area contributed by atoms with E-state index in [2.05, 4.69) is 32.0 Å². The quantitative estimate of drug-likeness (QED) is 0.860. The fourth-order valence-electron chi connectivity index (χ4n) is 3.22. The second-order valence-electron chi connectivity index (χ2n) is 5.34. The topological polar surface area (TPSA) is 46.2 Å². The van der Waals surface area contributed by atoms with Crippen molar-refractivity contribution in [3.63, 3.8) is 0 Å². The van der Waals surface area contributed by atoms with Crippen molar-refractivity contribution in [1.29, 1.82) is 0 Å². The number of hydrogen-bond donors (Lipinski definition) is 2. The van der Waals surface area contributed by atoms with Crippen LogP contribution < -0.4 is 5.73 Å². The predicted octanol–water partition coefficient (Wildman–Crippen LogP) is 3.47. The molecule has 3 rings (SSSR count). The van der Waals surface area contributed by atoms with Gasteiger partial charge in [-0.2, -0.15) is 0 Å². The predicted molar refractivity (Wildman–Crippen MR) is 78.5 cm³/mol. The van der Waals surface area contributed by atoms with E-state index in [-0.39, 0.29) is 0 Å². The van der Waals surface area contributed by atoms with Gasteiger partial charge in [0.2, 0.25) is 0 Å². The molecule has 0 bridgehead atoms. The van der Waals surface area contributed by atoms with Crippen molar-refractivity contribution >= 4 is 0 Å².